The first-order chi connectivity index (χ1) is 11.5. The minimum atomic E-state index is -0.312. The monoisotopic (exact) mass is 347 g/mol. The predicted molar refractivity (Wildman–Crippen MR) is 96.4 cm³/mol. The maximum atomic E-state index is 12.4. The van der Waals surface area contributed by atoms with E-state index in [4.69, 9.17) is 16.3 Å². The van der Waals surface area contributed by atoms with Gasteiger partial charge in [-0.05, 0) is 50.7 Å². The molecule has 1 amide bonds. The Balaban J connectivity index is 1.94. The topological polar surface area (TPSA) is 54.5 Å². The average Bonchev–Trinajstić information content (AvgIpc) is 2.58. The number of carbonyl (C=O) groups is 1. The Morgan fingerprint density at radius 2 is 2.04 bits per heavy atom. The van der Waals surface area contributed by atoms with E-state index in [1.807, 2.05) is 50.1 Å². The third-order valence-electron chi connectivity index (χ3n) is 3.72. The number of nitrogens with zero attached hydrogens (tertiary/aromatic N) is 2. The third-order valence-corrected chi connectivity index (χ3v) is 4.03. The summed E-state index contributed by atoms with van der Waals surface area (Å²) in [5.41, 5.74) is 1.63. The third kappa shape index (κ3) is 4.94. The van der Waals surface area contributed by atoms with Crippen LogP contribution in [0.2, 0.25) is 5.15 Å². The van der Waals surface area contributed by atoms with Crippen LogP contribution in [-0.2, 0) is 11.3 Å². The average molecular weight is 348 g/mol. The number of likely N-dealkylation sites (N-methyl/N-ethyl adjacent to an activating group) is 1. The number of pyridine rings is 1. The fourth-order valence-corrected chi connectivity index (χ4v) is 2.37. The zero-order valence-corrected chi connectivity index (χ0v) is 14.9. The van der Waals surface area contributed by atoms with Gasteiger partial charge in [0.15, 0.2) is 5.15 Å². The summed E-state index contributed by atoms with van der Waals surface area (Å²) >= 11 is 5.97. The number of aromatic nitrogens is 1. The van der Waals surface area contributed by atoms with E-state index in [0.717, 1.165) is 11.3 Å². The highest BCUT2D eigenvalue weighted by Gasteiger charge is 2.19. The Labute approximate surface area is 147 Å². The van der Waals surface area contributed by atoms with Crippen LogP contribution < -0.4 is 10.1 Å². The molecule has 0 fully saturated rings. The summed E-state index contributed by atoms with van der Waals surface area (Å²) in [5, 5.41) is 3.09. The molecule has 24 heavy (non-hydrogen) atoms. The molecule has 6 heteroatoms. The van der Waals surface area contributed by atoms with E-state index in [2.05, 4.69) is 10.3 Å². The first-order valence-corrected chi connectivity index (χ1v) is 8.22. The molecular formula is C18H22ClN3O2. The van der Waals surface area contributed by atoms with E-state index >= 15 is 0 Å². The van der Waals surface area contributed by atoms with Crippen molar-refractivity contribution in [1.82, 2.24) is 9.88 Å². The quantitative estimate of drug-likeness (QED) is 0.778. The number of amides is 1. The van der Waals surface area contributed by atoms with Crippen molar-refractivity contribution in [2.45, 2.75) is 26.4 Å². The van der Waals surface area contributed by atoms with E-state index < -0.39 is 0 Å². The fourth-order valence-electron chi connectivity index (χ4n) is 2.20. The summed E-state index contributed by atoms with van der Waals surface area (Å²) in [5.74, 6) is 0.722. The second kappa shape index (κ2) is 8.66. The van der Waals surface area contributed by atoms with Gasteiger partial charge >= 0.3 is 0 Å². The van der Waals surface area contributed by atoms with Gasteiger partial charge in [0.2, 0.25) is 5.91 Å². The number of hydrogen-bond acceptors (Lipinski definition) is 4. The molecule has 0 aliphatic heterocycles. The minimum absolute atomic E-state index is 0.127. The van der Waals surface area contributed by atoms with E-state index in [9.17, 15) is 4.79 Å². The molecule has 1 N–H and O–H groups in total. The Morgan fingerprint density at radius 3 is 2.67 bits per heavy atom. The summed E-state index contributed by atoms with van der Waals surface area (Å²) in [6.07, 6.45) is 1.58. The van der Waals surface area contributed by atoms with Gasteiger partial charge in [0.05, 0.1) is 18.3 Å². The first-order valence-electron chi connectivity index (χ1n) is 7.84. The van der Waals surface area contributed by atoms with Crippen molar-refractivity contribution < 1.29 is 9.53 Å². The van der Waals surface area contributed by atoms with E-state index in [0.29, 0.717) is 18.8 Å². The van der Waals surface area contributed by atoms with Crippen LogP contribution in [0.4, 0.5) is 5.69 Å². The molecule has 0 bridgehead atoms. The Kier molecular flexibility index (Phi) is 6.58. The first kappa shape index (κ1) is 18.2. The summed E-state index contributed by atoms with van der Waals surface area (Å²) < 4.78 is 5.43. The van der Waals surface area contributed by atoms with Crippen LogP contribution in [0.5, 0.6) is 5.75 Å². The molecule has 5 nitrogen and oxygen atoms in total. The molecule has 0 aliphatic rings. The number of benzene rings is 1. The molecule has 128 valence electrons. The second-order valence-corrected chi connectivity index (χ2v) is 5.86. The molecule has 1 aromatic heterocycles. The van der Waals surface area contributed by atoms with E-state index in [1.165, 1.54) is 0 Å². The lowest BCUT2D eigenvalue weighted by Gasteiger charge is -2.24. The number of rotatable bonds is 7. The molecule has 0 radical (unpaired) electrons. The van der Waals surface area contributed by atoms with E-state index in [-0.39, 0.29) is 17.1 Å². The maximum absolute atomic E-state index is 12.4. The standard InChI is InChI=1S/C18H22ClN3O2/c1-4-24-15-9-7-14(8-10-15)12-22(3)13(2)18(23)21-16-6-5-11-20-17(16)19/h5-11,13H,4,12H2,1-3H3,(H,21,23)/t13-/m1/s1. The second-order valence-electron chi connectivity index (χ2n) is 5.50. The smallest absolute Gasteiger partial charge is 0.241 e. The van der Waals surface area contributed by atoms with Gasteiger partial charge in [0, 0.05) is 12.7 Å². The minimum Gasteiger partial charge on any atom is -0.494 e. The van der Waals surface area contributed by atoms with Crippen molar-refractivity contribution >= 4 is 23.2 Å². The molecule has 0 saturated heterocycles. The fraction of sp³-hybridized carbons (Fsp3) is 0.333. The van der Waals surface area contributed by atoms with Crippen LogP contribution in [0.15, 0.2) is 42.6 Å². The molecule has 0 spiro atoms. The molecule has 2 aromatic rings. The molecule has 0 saturated carbocycles. The molecule has 1 heterocycles. The molecule has 1 atom stereocenters. The van der Waals surface area contributed by atoms with Crippen molar-refractivity contribution in [2.24, 2.45) is 0 Å². The van der Waals surface area contributed by atoms with Crippen LogP contribution in [-0.4, -0.2) is 35.5 Å². The summed E-state index contributed by atoms with van der Waals surface area (Å²) in [4.78, 5) is 18.3. The number of carbonyl (C=O) groups excluding carboxylic acids is 1. The van der Waals surface area contributed by atoms with Crippen molar-refractivity contribution in [1.29, 1.82) is 0 Å². The summed E-state index contributed by atoms with van der Waals surface area (Å²) in [6.45, 7) is 5.11. The molecule has 0 unspecified atom stereocenters. The molecule has 1 aromatic carbocycles. The lowest BCUT2D eigenvalue weighted by molar-refractivity contribution is -0.120. The van der Waals surface area contributed by atoms with Gasteiger partial charge in [-0.15, -0.1) is 0 Å². The number of halogens is 1. The van der Waals surface area contributed by atoms with Gasteiger partial charge in [-0.25, -0.2) is 4.98 Å². The van der Waals surface area contributed by atoms with Crippen molar-refractivity contribution in [3.63, 3.8) is 0 Å². The van der Waals surface area contributed by atoms with Crippen LogP contribution in [0, 0.1) is 0 Å². The Morgan fingerprint density at radius 1 is 1.33 bits per heavy atom. The van der Waals surface area contributed by atoms with Crippen LogP contribution >= 0.6 is 11.6 Å². The summed E-state index contributed by atoms with van der Waals surface area (Å²) in [6, 6.07) is 11.0. The molecule has 2 rings (SSSR count). The van der Waals surface area contributed by atoms with Crippen molar-refractivity contribution in [2.75, 3.05) is 19.0 Å². The van der Waals surface area contributed by atoms with Crippen molar-refractivity contribution in [3.05, 3.63) is 53.3 Å². The number of nitrogens with one attached hydrogen (secondary N) is 1. The number of hydrogen-bond donors (Lipinski definition) is 1. The SMILES string of the molecule is CCOc1ccc(CN(C)[C@H](C)C(=O)Nc2cccnc2Cl)cc1. The highest BCUT2D eigenvalue weighted by molar-refractivity contribution is 6.32. The normalized spacial score (nSPS) is 12.0. The van der Waals surface area contributed by atoms with Gasteiger partial charge in [0.1, 0.15) is 5.75 Å². The van der Waals surface area contributed by atoms with Gasteiger partial charge in [-0.2, -0.15) is 0 Å². The number of ether oxygens (including phenoxy) is 1. The lowest BCUT2D eigenvalue weighted by atomic mass is 10.1. The van der Waals surface area contributed by atoms with Gasteiger partial charge in [-0.3, -0.25) is 9.69 Å². The molecule has 0 aliphatic carbocycles. The van der Waals surface area contributed by atoms with Crippen LogP contribution in [0.3, 0.4) is 0 Å². The highest BCUT2D eigenvalue weighted by Crippen LogP contribution is 2.19. The zero-order valence-electron chi connectivity index (χ0n) is 14.1. The number of anilines is 1. The largest absolute Gasteiger partial charge is 0.494 e. The van der Waals surface area contributed by atoms with Crippen molar-refractivity contribution in [3.8, 4) is 5.75 Å². The maximum Gasteiger partial charge on any atom is 0.241 e. The Hall–Kier alpha value is -2.11. The lowest BCUT2D eigenvalue weighted by Crippen LogP contribution is -2.39. The van der Waals surface area contributed by atoms with Gasteiger partial charge in [0.25, 0.3) is 0 Å². The molecular weight excluding hydrogens is 326 g/mol. The Bertz CT molecular complexity index is 676. The highest BCUT2D eigenvalue weighted by atomic mass is 35.5. The van der Waals surface area contributed by atoms with Gasteiger partial charge < -0.3 is 10.1 Å². The van der Waals surface area contributed by atoms with E-state index in [1.54, 1.807) is 18.3 Å². The predicted octanol–water partition coefficient (Wildman–Crippen LogP) is 3.59. The zero-order chi connectivity index (χ0) is 17.5. The van der Waals surface area contributed by atoms with Gasteiger partial charge in [-0.1, -0.05) is 23.7 Å². The van der Waals surface area contributed by atoms with Crippen LogP contribution in [0.25, 0.3) is 0 Å². The van der Waals surface area contributed by atoms with Crippen LogP contribution in [0.1, 0.15) is 19.4 Å². The summed E-state index contributed by atoms with van der Waals surface area (Å²) in [7, 11) is 1.91.